The van der Waals surface area contributed by atoms with E-state index in [4.69, 9.17) is 0 Å². The Morgan fingerprint density at radius 1 is 1.15 bits per heavy atom. The van der Waals surface area contributed by atoms with Crippen LogP contribution in [0.5, 0.6) is 0 Å². The second kappa shape index (κ2) is 8.03. The van der Waals surface area contributed by atoms with Gasteiger partial charge in [-0.05, 0) is 24.6 Å². The quantitative estimate of drug-likeness (QED) is 0.569. The van der Waals surface area contributed by atoms with Crippen LogP contribution in [-0.2, 0) is 22.1 Å². The fraction of sp³-hybridized carbons (Fsp3) is 0.211. The third-order valence-electron chi connectivity index (χ3n) is 4.44. The normalized spacial score (nSPS) is 12.8. The second-order valence-electron chi connectivity index (χ2n) is 6.22. The first kappa shape index (κ1) is 20.2. The molecule has 3 aromatic rings. The Kier molecular flexibility index (Phi) is 6.23. The summed E-state index contributed by atoms with van der Waals surface area (Å²) in [4.78, 5) is 24.2. The molecule has 0 radical (unpaired) electrons. The molecule has 0 aliphatic carbocycles. The Morgan fingerprint density at radius 3 is 2.50 bits per heavy atom. The maximum atomic E-state index is 12.5. The van der Waals surface area contributed by atoms with Crippen LogP contribution in [0.25, 0.3) is 10.9 Å². The average Bonchev–Trinajstić information content (AvgIpc) is 2.98. The summed E-state index contributed by atoms with van der Waals surface area (Å²) in [6.45, 7) is 1.50. The van der Waals surface area contributed by atoms with Crippen LogP contribution < -0.4 is 40.0 Å². The zero-order chi connectivity index (χ0) is 18.0. The summed E-state index contributed by atoms with van der Waals surface area (Å²) in [6.07, 6.45) is 1.44. The van der Waals surface area contributed by atoms with Crippen molar-refractivity contribution in [3.63, 3.8) is 0 Å². The number of benzene rings is 2. The number of nitrogens with one attached hydrogen (secondary N) is 1. The van der Waals surface area contributed by atoms with Crippen molar-refractivity contribution in [3.8, 4) is 0 Å². The molecule has 1 atom stereocenters. The van der Waals surface area contributed by atoms with Gasteiger partial charge < -0.3 is 15.2 Å². The summed E-state index contributed by atoms with van der Waals surface area (Å²) in [7, 11) is 1.82. The van der Waals surface area contributed by atoms with Crippen molar-refractivity contribution in [1.82, 2.24) is 9.78 Å². The minimum Gasteiger partial charge on any atom is -0.549 e. The standard InChI is InChI=1S/C19H19N3O3.Na/c1-19(18(24)25,13-7-4-3-5-8-13)11-17(23)21-15-9-6-10-16-14(15)12-20-22(16)2;/h3-10,12H,11H2,1-2H3,(H,21,23)(H,24,25);/q;+1/p-1. The van der Waals surface area contributed by atoms with Crippen LogP contribution in [0.15, 0.2) is 54.7 Å². The molecule has 26 heavy (non-hydrogen) atoms. The predicted molar refractivity (Wildman–Crippen MR) is 92.8 cm³/mol. The summed E-state index contributed by atoms with van der Waals surface area (Å²) in [5.74, 6) is -1.68. The molecule has 1 unspecified atom stereocenters. The van der Waals surface area contributed by atoms with Crippen molar-refractivity contribution in [2.45, 2.75) is 18.8 Å². The molecular weight excluding hydrogens is 341 g/mol. The minimum absolute atomic E-state index is 0. The predicted octanol–water partition coefficient (Wildman–Crippen LogP) is -1.39. The third-order valence-corrected chi connectivity index (χ3v) is 4.44. The summed E-state index contributed by atoms with van der Waals surface area (Å²) in [5, 5.41) is 19.5. The van der Waals surface area contributed by atoms with E-state index >= 15 is 0 Å². The molecule has 0 spiro atoms. The number of carboxylic acids is 1. The molecule has 0 saturated heterocycles. The van der Waals surface area contributed by atoms with Crippen LogP contribution in [0.2, 0.25) is 0 Å². The van der Waals surface area contributed by atoms with E-state index in [0.29, 0.717) is 11.3 Å². The van der Waals surface area contributed by atoms with Crippen molar-refractivity contribution < 1.29 is 44.3 Å². The second-order valence-corrected chi connectivity index (χ2v) is 6.22. The number of aromatic nitrogens is 2. The van der Waals surface area contributed by atoms with Crippen molar-refractivity contribution in [2.75, 3.05) is 5.32 Å². The number of rotatable bonds is 5. The van der Waals surface area contributed by atoms with Gasteiger partial charge in [-0.25, -0.2) is 0 Å². The fourth-order valence-electron chi connectivity index (χ4n) is 2.90. The molecule has 128 valence electrons. The van der Waals surface area contributed by atoms with Gasteiger partial charge in [0.15, 0.2) is 0 Å². The van der Waals surface area contributed by atoms with Crippen LogP contribution in [0.3, 0.4) is 0 Å². The minimum atomic E-state index is -1.41. The van der Waals surface area contributed by atoms with E-state index < -0.39 is 17.3 Å². The van der Waals surface area contributed by atoms with E-state index in [1.807, 2.05) is 19.2 Å². The number of carboxylic acid groups (broad SMARTS) is 1. The summed E-state index contributed by atoms with van der Waals surface area (Å²) in [5.41, 5.74) is 0.603. The molecule has 6 nitrogen and oxygen atoms in total. The van der Waals surface area contributed by atoms with Gasteiger partial charge in [0.1, 0.15) is 0 Å². The fourth-order valence-corrected chi connectivity index (χ4v) is 2.90. The van der Waals surface area contributed by atoms with Crippen LogP contribution >= 0.6 is 0 Å². The van der Waals surface area contributed by atoms with Crippen LogP contribution in [0.4, 0.5) is 5.69 Å². The molecule has 1 heterocycles. The third kappa shape index (κ3) is 3.82. The molecule has 0 aliphatic heterocycles. The van der Waals surface area contributed by atoms with E-state index in [9.17, 15) is 14.7 Å². The Bertz CT molecular complexity index is 940. The number of aryl methyl sites for hydroxylation is 1. The van der Waals surface area contributed by atoms with E-state index in [1.165, 1.54) is 6.92 Å². The summed E-state index contributed by atoms with van der Waals surface area (Å²) >= 11 is 0. The first-order valence-electron chi connectivity index (χ1n) is 7.89. The molecule has 1 N–H and O–H groups in total. The van der Waals surface area contributed by atoms with Crippen LogP contribution in [0.1, 0.15) is 18.9 Å². The molecule has 0 saturated carbocycles. The first-order chi connectivity index (χ1) is 11.9. The molecule has 2 aromatic carbocycles. The number of anilines is 1. The number of hydrogen-bond donors (Lipinski definition) is 1. The van der Waals surface area contributed by atoms with Gasteiger partial charge in [0.25, 0.3) is 0 Å². The van der Waals surface area contributed by atoms with Gasteiger partial charge >= 0.3 is 29.6 Å². The number of amides is 1. The number of carbonyl (C=O) groups excluding carboxylic acids is 2. The molecule has 1 amide bonds. The Hall–Kier alpha value is -2.15. The molecule has 0 fully saturated rings. The SMILES string of the molecule is Cn1ncc2c(NC(=O)CC(C)(C(=O)[O-])c3ccccc3)cccc21.[Na+]. The number of fused-ring (bicyclic) bond motifs is 1. The van der Waals surface area contributed by atoms with E-state index in [0.717, 1.165) is 10.9 Å². The Morgan fingerprint density at radius 2 is 1.85 bits per heavy atom. The van der Waals surface area contributed by atoms with E-state index in [-0.39, 0.29) is 36.0 Å². The van der Waals surface area contributed by atoms with Gasteiger partial charge in [-0.15, -0.1) is 0 Å². The van der Waals surface area contributed by atoms with Gasteiger partial charge in [-0.1, -0.05) is 36.4 Å². The van der Waals surface area contributed by atoms with Gasteiger partial charge in [0, 0.05) is 24.3 Å². The Balaban J connectivity index is 0.00000243. The largest absolute Gasteiger partial charge is 1.00 e. The van der Waals surface area contributed by atoms with Gasteiger partial charge in [0.05, 0.1) is 23.4 Å². The van der Waals surface area contributed by atoms with E-state index in [2.05, 4.69) is 10.4 Å². The molecule has 0 bridgehead atoms. The van der Waals surface area contributed by atoms with Crippen molar-refractivity contribution in [3.05, 3.63) is 60.3 Å². The van der Waals surface area contributed by atoms with Crippen LogP contribution in [-0.4, -0.2) is 21.7 Å². The topological polar surface area (TPSA) is 87.0 Å². The Labute approximate surface area is 173 Å². The molecule has 1 aromatic heterocycles. The van der Waals surface area contributed by atoms with Crippen molar-refractivity contribution >= 4 is 28.5 Å². The number of hydrogen-bond acceptors (Lipinski definition) is 4. The first-order valence-corrected chi connectivity index (χ1v) is 7.89. The molecule has 0 aliphatic rings. The number of aliphatic carboxylic acids is 1. The summed E-state index contributed by atoms with van der Waals surface area (Å²) in [6, 6.07) is 14.1. The van der Waals surface area contributed by atoms with Crippen LogP contribution in [0, 0.1) is 0 Å². The maximum Gasteiger partial charge on any atom is 1.00 e. The average molecular weight is 359 g/mol. The monoisotopic (exact) mass is 359 g/mol. The van der Waals surface area contributed by atoms with E-state index in [1.54, 1.807) is 47.3 Å². The smallest absolute Gasteiger partial charge is 0.549 e. The molecule has 3 rings (SSSR count). The molecular formula is C19H18N3NaO3. The van der Waals surface area contributed by atoms with Gasteiger partial charge in [-0.3, -0.25) is 9.48 Å². The van der Waals surface area contributed by atoms with Crippen molar-refractivity contribution in [1.29, 1.82) is 0 Å². The maximum absolute atomic E-state index is 12.5. The summed E-state index contributed by atoms with van der Waals surface area (Å²) < 4.78 is 1.71. The zero-order valence-electron chi connectivity index (χ0n) is 15.0. The van der Waals surface area contributed by atoms with Gasteiger partial charge in [0.2, 0.25) is 5.91 Å². The van der Waals surface area contributed by atoms with Crippen molar-refractivity contribution in [2.24, 2.45) is 7.05 Å². The molecule has 7 heteroatoms. The zero-order valence-corrected chi connectivity index (χ0v) is 17.0. The number of carbonyl (C=O) groups is 2. The van der Waals surface area contributed by atoms with Gasteiger partial charge in [-0.2, -0.15) is 5.10 Å². The number of nitrogens with zero attached hydrogens (tertiary/aromatic N) is 2.